The van der Waals surface area contributed by atoms with Crippen molar-refractivity contribution >= 4 is 6.03 Å². The van der Waals surface area contributed by atoms with Crippen LogP contribution in [0.15, 0.2) is 0 Å². The Balaban J connectivity index is 1.76. The number of hydrogen-bond acceptors (Lipinski definition) is 3. The molecule has 0 aromatic rings. The molecule has 1 atom stereocenters. The third-order valence-corrected chi connectivity index (χ3v) is 4.11. The third-order valence-electron chi connectivity index (χ3n) is 4.11. The molecule has 0 aromatic carbocycles. The van der Waals surface area contributed by atoms with E-state index in [1.54, 1.807) is 0 Å². The number of amides is 2. The molecule has 0 bridgehead atoms. The molecule has 2 amide bonds. The normalized spacial score (nSPS) is 25.1. The second kappa shape index (κ2) is 7.10. The van der Waals surface area contributed by atoms with Crippen molar-refractivity contribution in [1.82, 2.24) is 20.4 Å². The van der Waals surface area contributed by atoms with Gasteiger partial charge in [0.05, 0.1) is 0 Å². The molecule has 19 heavy (non-hydrogen) atoms. The summed E-state index contributed by atoms with van der Waals surface area (Å²) in [5.41, 5.74) is 0. The molecule has 1 unspecified atom stereocenters. The third kappa shape index (κ3) is 4.35. The van der Waals surface area contributed by atoms with Gasteiger partial charge in [0.15, 0.2) is 0 Å². The van der Waals surface area contributed by atoms with Crippen LogP contribution < -0.4 is 10.6 Å². The summed E-state index contributed by atoms with van der Waals surface area (Å²) in [6.07, 6.45) is 3.92. The van der Waals surface area contributed by atoms with Crippen LogP contribution in [0.5, 0.6) is 0 Å². The van der Waals surface area contributed by atoms with Crippen molar-refractivity contribution in [2.75, 3.05) is 39.3 Å². The minimum atomic E-state index is 0.105. The van der Waals surface area contributed by atoms with E-state index in [0.717, 1.165) is 32.7 Å². The molecule has 0 aromatic heterocycles. The second-order valence-electron chi connectivity index (χ2n) is 5.97. The average Bonchev–Trinajstić information content (AvgIpc) is 2.80. The van der Waals surface area contributed by atoms with Gasteiger partial charge in [-0.1, -0.05) is 20.3 Å². The standard InChI is InChI=1S/C14H28N4O/c1-12(2)16-11-13-5-3-4-7-17(13)9-10-18-8-6-15-14(18)19/h12-13,16H,3-11H2,1-2H3,(H,15,19). The van der Waals surface area contributed by atoms with Gasteiger partial charge in [-0.2, -0.15) is 0 Å². The Morgan fingerprint density at radius 1 is 1.32 bits per heavy atom. The van der Waals surface area contributed by atoms with Crippen LogP contribution in [0.2, 0.25) is 0 Å². The molecule has 2 saturated heterocycles. The zero-order chi connectivity index (χ0) is 13.7. The molecule has 5 heteroatoms. The van der Waals surface area contributed by atoms with Gasteiger partial charge < -0.3 is 15.5 Å². The molecule has 2 rings (SSSR count). The van der Waals surface area contributed by atoms with Gasteiger partial charge in [-0.05, 0) is 19.4 Å². The van der Waals surface area contributed by atoms with E-state index in [2.05, 4.69) is 29.4 Å². The van der Waals surface area contributed by atoms with Crippen LogP contribution in [0.25, 0.3) is 0 Å². The maximum Gasteiger partial charge on any atom is 0.317 e. The first-order valence-corrected chi connectivity index (χ1v) is 7.67. The molecule has 2 N–H and O–H groups in total. The number of urea groups is 1. The highest BCUT2D eigenvalue weighted by molar-refractivity contribution is 5.76. The molecule has 110 valence electrons. The lowest BCUT2D eigenvalue weighted by Crippen LogP contribution is -2.49. The van der Waals surface area contributed by atoms with Crippen LogP contribution >= 0.6 is 0 Å². The number of likely N-dealkylation sites (tertiary alicyclic amines) is 1. The van der Waals surface area contributed by atoms with E-state index < -0.39 is 0 Å². The lowest BCUT2D eigenvalue weighted by Gasteiger charge is -2.37. The van der Waals surface area contributed by atoms with E-state index in [0.29, 0.717) is 12.1 Å². The zero-order valence-electron chi connectivity index (χ0n) is 12.3. The van der Waals surface area contributed by atoms with Gasteiger partial charge in [-0.15, -0.1) is 0 Å². The molecule has 2 heterocycles. The fourth-order valence-corrected chi connectivity index (χ4v) is 2.93. The first kappa shape index (κ1) is 14.6. The fourth-order valence-electron chi connectivity index (χ4n) is 2.93. The Labute approximate surface area is 116 Å². The first-order valence-electron chi connectivity index (χ1n) is 7.67. The van der Waals surface area contributed by atoms with E-state index in [9.17, 15) is 4.79 Å². The van der Waals surface area contributed by atoms with E-state index in [1.807, 2.05) is 4.90 Å². The van der Waals surface area contributed by atoms with Gasteiger partial charge in [0.25, 0.3) is 0 Å². The second-order valence-corrected chi connectivity index (χ2v) is 5.97. The molecular weight excluding hydrogens is 240 g/mol. The zero-order valence-corrected chi connectivity index (χ0v) is 12.3. The Morgan fingerprint density at radius 3 is 2.84 bits per heavy atom. The number of carbonyl (C=O) groups is 1. The molecule has 2 aliphatic rings. The summed E-state index contributed by atoms with van der Waals surface area (Å²) in [5.74, 6) is 0. The monoisotopic (exact) mass is 268 g/mol. The highest BCUT2D eigenvalue weighted by Gasteiger charge is 2.25. The van der Waals surface area contributed by atoms with Crippen LogP contribution in [0, 0.1) is 0 Å². The summed E-state index contributed by atoms with van der Waals surface area (Å²) < 4.78 is 0. The smallest absolute Gasteiger partial charge is 0.317 e. The number of piperidine rings is 1. The summed E-state index contributed by atoms with van der Waals surface area (Å²) in [5, 5.41) is 6.41. The first-order chi connectivity index (χ1) is 9.16. The van der Waals surface area contributed by atoms with Crippen LogP contribution in [0.4, 0.5) is 4.79 Å². The topological polar surface area (TPSA) is 47.6 Å². The number of rotatable bonds is 6. The number of hydrogen-bond donors (Lipinski definition) is 2. The van der Waals surface area contributed by atoms with Gasteiger partial charge in [-0.25, -0.2) is 4.79 Å². The largest absolute Gasteiger partial charge is 0.336 e. The highest BCUT2D eigenvalue weighted by atomic mass is 16.2. The van der Waals surface area contributed by atoms with Gasteiger partial charge in [0, 0.05) is 44.8 Å². The quantitative estimate of drug-likeness (QED) is 0.751. The minimum absolute atomic E-state index is 0.105. The van der Waals surface area contributed by atoms with Gasteiger partial charge in [0.1, 0.15) is 0 Å². The Hall–Kier alpha value is -0.810. The van der Waals surface area contributed by atoms with Crippen LogP contribution in [0.1, 0.15) is 33.1 Å². The molecule has 5 nitrogen and oxygen atoms in total. The summed E-state index contributed by atoms with van der Waals surface area (Å²) in [7, 11) is 0. The van der Waals surface area contributed by atoms with Gasteiger partial charge in [0.2, 0.25) is 0 Å². The van der Waals surface area contributed by atoms with Crippen molar-refractivity contribution < 1.29 is 4.79 Å². The van der Waals surface area contributed by atoms with Crippen molar-refractivity contribution in [1.29, 1.82) is 0 Å². The van der Waals surface area contributed by atoms with E-state index in [-0.39, 0.29) is 6.03 Å². The van der Waals surface area contributed by atoms with Crippen molar-refractivity contribution in [3.8, 4) is 0 Å². The van der Waals surface area contributed by atoms with Gasteiger partial charge >= 0.3 is 6.03 Å². The summed E-state index contributed by atoms with van der Waals surface area (Å²) in [4.78, 5) is 16.0. The molecule has 2 fully saturated rings. The van der Waals surface area contributed by atoms with E-state index in [4.69, 9.17) is 0 Å². The van der Waals surface area contributed by atoms with Gasteiger partial charge in [-0.3, -0.25) is 4.90 Å². The molecular formula is C14H28N4O. The minimum Gasteiger partial charge on any atom is -0.336 e. The van der Waals surface area contributed by atoms with Crippen LogP contribution in [-0.2, 0) is 0 Å². The number of nitrogens with one attached hydrogen (secondary N) is 2. The average molecular weight is 268 g/mol. The summed E-state index contributed by atoms with van der Waals surface area (Å²) >= 11 is 0. The lowest BCUT2D eigenvalue weighted by atomic mass is 10.0. The van der Waals surface area contributed by atoms with Crippen LogP contribution in [-0.4, -0.2) is 67.2 Å². The van der Waals surface area contributed by atoms with Crippen molar-refractivity contribution in [3.63, 3.8) is 0 Å². The molecule has 0 radical (unpaired) electrons. The summed E-state index contributed by atoms with van der Waals surface area (Å²) in [6.45, 7) is 10.2. The number of nitrogens with zero attached hydrogens (tertiary/aromatic N) is 2. The lowest BCUT2D eigenvalue weighted by molar-refractivity contribution is 0.130. The Morgan fingerprint density at radius 2 is 2.16 bits per heavy atom. The molecule has 0 spiro atoms. The predicted molar refractivity (Wildman–Crippen MR) is 77.3 cm³/mol. The molecule has 0 aliphatic carbocycles. The van der Waals surface area contributed by atoms with E-state index >= 15 is 0 Å². The highest BCUT2D eigenvalue weighted by Crippen LogP contribution is 2.16. The predicted octanol–water partition coefficient (Wildman–Crippen LogP) is 0.864. The van der Waals surface area contributed by atoms with Crippen molar-refractivity contribution in [3.05, 3.63) is 0 Å². The van der Waals surface area contributed by atoms with Crippen LogP contribution in [0.3, 0.4) is 0 Å². The Kier molecular flexibility index (Phi) is 5.45. The Bertz CT molecular complexity index is 295. The maximum absolute atomic E-state index is 11.5. The summed E-state index contributed by atoms with van der Waals surface area (Å²) in [6, 6.07) is 1.30. The van der Waals surface area contributed by atoms with Crippen molar-refractivity contribution in [2.24, 2.45) is 0 Å². The van der Waals surface area contributed by atoms with Crippen molar-refractivity contribution in [2.45, 2.75) is 45.2 Å². The number of carbonyl (C=O) groups excluding carboxylic acids is 1. The molecule has 2 aliphatic heterocycles. The molecule has 0 saturated carbocycles. The van der Waals surface area contributed by atoms with E-state index in [1.165, 1.54) is 25.8 Å². The maximum atomic E-state index is 11.5. The fraction of sp³-hybridized carbons (Fsp3) is 0.929. The SMILES string of the molecule is CC(C)NCC1CCCCN1CCN1CCNC1=O.